The minimum absolute atomic E-state index is 0.416. The Labute approximate surface area is 77.9 Å². The third-order valence-electron chi connectivity index (χ3n) is 2.19. The van der Waals surface area contributed by atoms with Crippen molar-refractivity contribution in [1.82, 2.24) is 16.0 Å². The lowest BCUT2D eigenvalue weighted by Crippen LogP contribution is -2.49. The molecule has 1 fully saturated rings. The SMILES string of the molecule is C1CNC(NCC2COCCN2)=N1. The van der Waals surface area contributed by atoms with Crippen LogP contribution in [0.25, 0.3) is 0 Å². The fourth-order valence-electron chi connectivity index (χ4n) is 1.49. The van der Waals surface area contributed by atoms with E-state index in [2.05, 4.69) is 20.9 Å². The highest BCUT2D eigenvalue weighted by Gasteiger charge is 2.13. The minimum atomic E-state index is 0.416. The van der Waals surface area contributed by atoms with E-state index in [0.717, 1.165) is 45.4 Å². The normalized spacial score (nSPS) is 28.0. The van der Waals surface area contributed by atoms with Crippen molar-refractivity contribution in [3.05, 3.63) is 0 Å². The first kappa shape index (κ1) is 8.77. The molecule has 0 spiro atoms. The van der Waals surface area contributed by atoms with E-state index in [1.807, 2.05) is 0 Å². The van der Waals surface area contributed by atoms with E-state index in [4.69, 9.17) is 4.74 Å². The quantitative estimate of drug-likeness (QED) is 0.490. The van der Waals surface area contributed by atoms with Crippen molar-refractivity contribution in [3.63, 3.8) is 0 Å². The Morgan fingerprint density at radius 3 is 3.23 bits per heavy atom. The molecule has 74 valence electrons. The van der Waals surface area contributed by atoms with Gasteiger partial charge in [-0.25, -0.2) is 0 Å². The largest absolute Gasteiger partial charge is 0.378 e. The molecule has 2 heterocycles. The summed E-state index contributed by atoms with van der Waals surface area (Å²) < 4.78 is 5.33. The van der Waals surface area contributed by atoms with E-state index in [1.165, 1.54) is 0 Å². The van der Waals surface area contributed by atoms with Crippen LogP contribution in [0.1, 0.15) is 0 Å². The van der Waals surface area contributed by atoms with E-state index in [-0.39, 0.29) is 0 Å². The molecule has 0 aromatic rings. The van der Waals surface area contributed by atoms with Crippen molar-refractivity contribution in [2.24, 2.45) is 4.99 Å². The third kappa shape index (κ3) is 2.57. The number of ether oxygens (including phenoxy) is 1. The molecule has 0 bridgehead atoms. The second kappa shape index (κ2) is 4.43. The van der Waals surface area contributed by atoms with Crippen molar-refractivity contribution in [1.29, 1.82) is 0 Å². The highest BCUT2D eigenvalue weighted by molar-refractivity contribution is 5.81. The highest BCUT2D eigenvalue weighted by Crippen LogP contribution is 1.91. The third-order valence-corrected chi connectivity index (χ3v) is 2.19. The van der Waals surface area contributed by atoms with Crippen LogP contribution in [0.5, 0.6) is 0 Å². The average Bonchev–Trinajstić information content (AvgIpc) is 2.69. The topological polar surface area (TPSA) is 57.7 Å². The number of rotatable bonds is 2. The fraction of sp³-hybridized carbons (Fsp3) is 0.875. The Morgan fingerprint density at radius 1 is 1.54 bits per heavy atom. The van der Waals surface area contributed by atoms with Gasteiger partial charge >= 0.3 is 0 Å². The number of hydrogen-bond donors (Lipinski definition) is 3. The van der Waals surface area contributed by atoms with Crippen LogP contribution in [0.4, 0.5) is 0 Å². The lowest BCUT2D eigenvalue weighted by atomic mass is 10.3. The van der Waals surface area contributed by atoms with Crippen LogP contribution in [0.15, 0.2) is 4.99 Å². The molecular formula is C8H16N4O. The summed E-state index contributed by atoms with van der Waals surface area (Å²) in [5, 5.41) is 9.79. The van der Waals surface area contributed by atoms with Gasteiger partial charge in [-0.05, 0) is 0 Å². The van der Waals surface area contributed by atoms with Crippen molar-refractivity contribution in [2.45, 2.75) is 6.04 Å². The first-order valence-corrected chi connectivity index (χ1v) is 4.78. The van der Waals surface area contributed by atoms with Crippen LogP contribution < -0.4 is 16.0 Å². The fourth-order valence-corrected chi connectivity index (χ4v) is 1.49. The van der Waals surface area contributed by atoms with Crippen molar-refractivity contribution in [2.75, 3.05) is 39.4 Å². The zero-order valence-electron chi connectivity index (χ0n) is 7.68. The molecule has 0 aromatic heterocycles. The molecule has 0 aromatic carbocycles. The molecule has 2 rings (SSSR count). The lowest BCUT2D eigenvalue weighted by molar-refractivity contribution is 0.0781. The summed E-state index contributed by atoms with van der Waals surface area (Å²) >= 11 is 0. The average molecular weight is 184 g/mol. The maximum atomic E-state index is 5.33. The number of nitrogens with one attached hydrogen (secondary N) is 3. The zero-order chi connectivity index (χ0) is 8.93. The molecular weight excluding hydrogens is 168 g/mol. The predicted molar refractivity (Wildman–Crippen MR) is 50.9 cm³/mol. The van der Waals surface area contributed by atoms with Crippen LogP contribution in [-0.4, -0.2) is 51.4 Å². The van der Waals surface area contributed by atoms with E-state index in [0.29, 0.717) is 6.04 Å². The molecule has 2 aliphatic heterocycles. The Morgan fingerprint density at radius 2 is 2.54 bits per heavy atom. The Balaban J connectivity index is 1.66. The summed E-state index contributed by atoms with van der Waals surface area (Å²) in [5.41, 5.74) is 0. The molecule has 0 aliphatic carbocycles. The first-order valence-electron chi connectivity index (χ1n) is 4.78. The van der Waals surface area contributed by atoms with Gasteiger partial charge in [0.05, 0.1) is 19.8 Å². The van der Waals surface area contributed by atoms with E-state index >= 15 is 0 Å². The van der Waals surface area contributed by atoms with Gasteiger partial charge in [-0.1, -0.05) is 0 Å². The van der Waals surface area contributed by atoms with Crippen LogP contribution >= 0.6 is 0 Å². The van der Waals surface area contributed by atoms with Crippen LogP contribution in [0.3, 0.4) is 0 Å². The number of guanidine groups is 1. The van der Waals surface area contributed by atoms with Crippen LogP contribution in [0.2, 0.25) is 0 Å². The second-order valence-corrected chi connectivity index (χ2v) is 3.26. The molecule has 3 N–H and O–H groups in total. The Bertz CT molecular complexity index is 189. The number of aliphatic imine (C=N–C) groups is 1. The maximum Gasteiger partial charge on any atom is 0.191 e. The molecule has 5 nitrogen and oxygen atoms in total. The van der Waals surface area contributed by atoms with Gasteiger partial charge in [0.15, 0.2) is 5.96 Å². The standard InChI is InChI=1S/C8H16N4O/c1-2-11-8(10-1)12-5-7-6-13-4-3-9-7/h7,9H,1-6H2,(H2,10,11,12). The Kier molecular flexibility index (Phi) is 2.99. The summed E-state index contributed by atoms with van der Waals surface area (Å²) in [4.78, 5) is 4.25. The van der Waals surface area contributed by atoms with Gasteiger partial charge in [-0.3, -0.25) is 4.99 Å². The molecule has 1 saturated heterocycles. The monoisotopic (exact) mass is 184 g/mol. The first-order chi connectivity index (χ1) is 6.45. The van der Waals surface area contributed by atoms with Crippen LogP contribution in [0, 0.1) is 0 Å². The summed E-state index contributed by atoms with van der Waals surface area (Å²) in [6.07, 6.45) is 0. The van der Waals surface area contributed by atoms with Gasteiger partial charge in [-0.2, -0.15) is 0 Å². The molecule has 5 heteroatoms. The lowest BCUT2D eigenvalue weighted by Gasteiger charge is -2.24. The maximum absolute atomic E-state index is 5.33. The summed E-state index contributed by atoms with van der Waals surface area (Å²) in [7, 11) is 0. The van der Waals surface area contributed by atoms with Crippen molar-refractivity contribution >= 4 is 5.96 Å². The second-order valence-electron chi connectivity index (χ2n) is 3.26. The van der Waals surface area contributed by atoms with Gasteiger partial charge in [0, 0.05) is 25.7 Å². The molecule has 1 unspecified atom stereocenters. The smallest absolute Gasteiger partial charge is 0.191 e. The summed E-state index contributed by atoms with van der Waals surface area (Å²) in [6.45, 7) is 5.29. The van der Waals surface area contributed by atoms with E-state index in [9.17, 15) is 0 Å². The zero-order valence-corrected chi connectivity index (χ0v) is 7.68. The van der Waals surface area contributed by atoms with Crippen molar-refractivity contribution < 1.29 is 4.74 Å². The van der Waals surface area contributed by atoms with Crippen LogP contribution in [-0.2, 0) is 4.74 Å². The van der Waals surface area contributed by atoms with Gasteiger partial charge < -0.3 is 20.7 Å². The summed E-state index contributed by atoms with van der Waals surface area (Å²) in [6, 6.07) is 0.416. The van der Waals surface area contributed by atoms with Gasteiger partial charge in [0.2, 0.25) is 0 Å². The number of hydrogen-bond acceptors (Lipinski definition) is 5. The Hall–Kier alpha value is -0.810. The minimum Gasteiger partial charge on any atom is -0.378 e. The predicted octanol–water partition coefficient (Wildman–Crippen LogP) is -1.48. The highest BCUT2D eigenvalue weighted by atomic mass is 16.5. The molecule has 0 radical (unpaired) electrons. The molecule has 2 aliphatic rings. The molecule has 13 heavy (non-hydrogen) atoms. The number of nitrogens with zero attached hydrogens (tertiary/aromatic N) is 1. The van der Waals surface area contributed by atoms with Gasteiger partial charge in [-0.15, -0.1) is 0 Å². The number of morpholine rings is 1. The van der Waals surface area contributed by atoms with E-state index < -0.39 is 0 Å². The molecule has 1 atom stereocenters. The van der Waals surface area contributed by atoms with Crippen molar-refractivity contribution in [3.8, 4) is 0 Å². The molecule has 0 saturated carbocycles. The van der Waals surface area contributed by atoms with Gasteiger partial charge in [0.1, 0.15) is 0 Å². The summed E-state index contributed by atoms with van der Waals surface area (Å²) in [5.74, 6) is 0.923. The van der Waals surface area contributed by atoms with Gasteiger partial charge in [0.25, 0.3) is 0 Å². The van der Waals surface area contributed by atoms with E-state index in [1.54, 1.807) is 0 Å². The molecule has 0 amide bonds.